The summed E-state index contributed by atoms with van der Waals surface area (Å²) in [5.74, 6) is -0.180. The van der Waals surface area contributed by atoms with Crippen molar-refractivity contribution >= 4 is 81.0 Å². The van der Waals surface area contributed by atoms with Gasteiger partial charge in [0, 0.05) is 12.1 Å². The summed E-state index contributed by atoms with van der Waals surface area (Å²) in [4.78, 5) is 27.8. The molecule has 1 heterocycles. The number of ether oxygens (including phenoxy) is 1. The van der Waals surface area contributed by atoms with Crippen LogP contribution in [-0.2, 0) is 11.2 Å². The zero-order valence-corrected chi connectivity index (χ0v) is 24.1. The number of rotatable bonds is 8. The summed E-state index contributed by atoms with van der Waals surface area (Å²) in [6, 6.07) is 23.9. The highest BCUT2D eigenvalue weighted by Crippen LogP contribution is 2.34. The fourth-order valence-electron chi connectivity index (χ4n) is 3.68. The smallest absolute Gasteiger partial charge is 0.266 e. The summed E-state index contributed by atoms with van der Waals surface area (Å²) < 4.78 is 4.42. The molecule has 3 aromatic rings. The Morgan fingerprint density at radius 2 is 1.79 bits per heavy atom. The van der Waals surface area contributed by atoms with Crippen LogP contribution in [0.2, 0.25) is 0 Å². The minimum absolute atomic E-state index is 0.119. The van der Waals surface area contributed by atoms with Crippen molar-refractivity contribution in [2.45, 2.75) is 23.4 Å². The molecule has 1 saturated heterocycles. The molecule has 1 atom stereocenters. The van der Waals surface area contributed by atoms with Gasteiger partial charge in [-0.05, 0) is 54.8 Å². The van der Waals surface area contributed by atoms with Gasteiger partial charge >= 0.3 is 0 Å². The monoisotopic (exact) mass is 604 g/mol. The molecule has 5 nitrogen and oxygen atoms in total. The lowest BCUT2D eigenvalue weighted by molar-refractivity contribution is -0.122. The molecule has 1 N–H and O–H groups in total. The Morgan fingerprint density at radius 3 is 2.45 bits per heavy atom. The van der Waals surface area contributed by atoms with Gasteiger partial charge < -0.3 is 10.1 Å². The Bertz CT molecular complexity index is 1360. The number of carbonyl (C=O) groups is 2. The minimum atomic E-state index is -1.92. The van der Waals surface area contributed by atoms with Gasteiger partial charge in [-0.3, -0.25) is 14.5 Å². The number of alkyl halides is 3. The molecule has 0 saturated carbocycles. The van der Waals surface area contributed by atoms with Gasteiger partial charge in [0.15, 0.2) is 0 Å². The standard InChI is InChI=1S/C28H23Cl3N2O3S2/c1-18-6-5-9-21(16-18)24(34)32-26(28(29,30)31)36-22-12-10-20(11-13-22)17-23-25(35)33(27(37)38-23)15-14-19-7-3-2-4-8-19/h2-13,16-17,26H,14-15H2,1H3,(H,32,34)/b23-17-. The van der Waals surface area contributed by atoms with E-state index in [1.165, 1.54) is 11.8 Å². The van der Waals surface area contributed by atoms with Crippen molar-refractivity contribution in [3.63, 3.8) is 0 Å². The highest BCUT2D eigenvalue weighted by atomic mass is 35.6. The number of hydrogen-bond acceptors (Lipinski definition) is 5. The molecule has 2 amide bonds. The highest BCUT2D eigenvalue weighted by molar-refractivity contribution is 8.26. The van der Waals surface area contributed by atoms with Crippen LogP contribution in [0.25, 0.3) is 6.08 Å². The molecule has 4 rings (SSSR count). The van der Waals surface area contributed by atoms with Crippen LogP contribution in [0.3, 0.4) is 0 Å². The maximum absolute atomic E-state index is 12.9. The van der Waals surface area contributed by atoms with Crippen molar-refractivity contribution < 1.29 is 14.3 Å². The molecule has 38 heavy (non-hydrogen) atoms. The van der Waals surface area contributed by atoms with Crippen molar-refractivity contribution in [1.82, 2.24) is 10.2 Å². The third-order valence-corrected chi connectivity index (χ3v) is 7.58. The SMILES string of the molecule is Cc1cccc(C(=O)NC(Oc2ccc(/C=C3\SC(=S)N(CCc4ccccc4)C3=O)cc2)C(Cl)(Cl)Cl)c1. The number of aryl methyl sites for hydroxylation is 1. The second-order valence-corrected chi connectivity index (χ2v) is 12.6. The summed E-state index contributed by atoms with van der Waals surface area (Å²) in [6.07, 6.45) is 1.25. The lowest BCUT2D eigenvalue weighted by Crippen LogP contribution is -2.47. The Hall–Kier alpha value is -2.55. The number of amides is 2. The van der Waals surface area contributed by atoms with Crippen LogP contribution >= 0.6 is 58.8 Å². The van der Waals surface area contributed by atoms with Crippen molar-refractivity contribution in [2.75, 3.05) is 6.54 Å². The Balaban J connectivity index is 1.41. The highest BCUT2D eigenvalue weighted by Gasteiger charge is 2.36. The molecule has 0 bridgehead atoms. The lowest BCUT2D eigenvalue weighted by atomic mass is 10.1. The van der Waals surface area contributed by atoms with E-state index in [2.05, 4.69) is 5.32 Å². The largest absolute Gasteiger partial charge is 0.466 e. The van der Waals surface area contributed by atoms with Gasteiger partial charge in [0.1, 0.15) is 10.1 Å². The zero-order valence-electron chi connectivity index (χ0n) is 20.2. The minimum Gasteiger partial charge on any atom is -0.466 e. The first-order chi connectivity index (χ1) is 18.1. The quantitative estimate of drug-likeness (QED) is 0.130. The normalized spacial score (nSPS) is 15.6. The fourth-order valence-corrected chi connectivity index (χ4v) is 5.28. The van der Waals surface area contributed by atoms with Crippen LogP contribution in [0.1, 0.15) is 27.0 Å². The maximum Gasteiger partial charge on any atom is 0.266 e. The van der Waals surface area contributed by atoms with Gasteiger partial charge in [-0.2, -0.15) is 0 Å². The third-order valence-electron chi connectivity index (χ3n) is 5.61. The van der Waals surface area contributed by atoms with Crippen LogP contribution in [0.15, 0.2) is 83.8 Å². The molecule has 0 aliphatic carbocycles. The number of benzene rings is 3. The van der Waals surface area contributed by atoms with E-state index in [-0.39, 0.29) is 5.91 Å². The van der Waals surface area contributed by atoms with Crippen molar-refractivity contribution in [1.29, 1.82) is 0 Å². The molecular weight excluding hydrogens is 583 g/mol. The molecule has 1 aliphatic rings. The van der Waals surface area contributed by atoms with Gasteiger partial charge in [0.2, 0.25) is 10.0 Å². The van der Waals surface area contributed by atoms with Crippen LogP contribution in [0.5, 0.6) is 5.75 Å². The third kappa shape index (κ3) is 7.52. The van der Waals surface area contributed by atoms with E-state index in [1.54, 1.807) is 53.4 Å². The molecule has 0 radical (unpaired) electrons. The Morgan fingerprint density at radius 1 is 1.08 bits per heavy atom. The van der Waals surface area contributed by atoms with E-state index in [9.17, 15) is 9.59 Å². The second-order valence-electron chi connectivity index (χ2n) is 8.52. The van der Waals surface area contributed by atoms with Gasteiger partial charge in [-0.1, -0.05) is 119 Å². The van der Waals surface area contributed by atoms with Gasteiger partial charge in [0.05, 0.1) is 4.91 Å². The molecule has 0 aromatic heterocycles. The summed E-state index contributed by atoms with van der Waals surface area (Å²) >= 11 is 25.0. The van der Waals surface area contributed by atoms with E-state index >= 15 is 0 Å². The summed E-state index contributed by atoms with van der Waals surface area (Å²) in [7, 11) is 0. The fraction of sp³-hybridized carbons (Fsp3) is 0.179. The summed E-state index contributed by atoms with van der Waals surface area (Å²) in [5.41, 5.74) is 3.26. The van der Waals surface area contributed by atoms with Crippen LogP contribution in [-0.4, -0.2) is 37.6 Å². The summed E-state index contributed by atoms with van der Waals surface area (Å²) in [6.45, 7) is 2.40. The first-order valence-electron chi connectivity index (χ1n) is 11.6. The molecule has 10 heteroatoms. The van der Waals surface area contributed by atoms with Crippen LogP contribution in [0.4, 0.5) is 0 Å². The maximum atomic E-state index is 12.9. The van der Waals surface area contributed by atoms with E-state index in [1.807, 2.05) is 43.3 Å². The van der Waals surface area contributed by atoms with E-state index in [0.717, 1.165) is 23.1 Å². The molecule has 3 aromatic carbocycles. The first kappa shape index (κ1) is 28.5. The molecule has 1 unspecified atom stereocenters. The number of hydrogen-bond donors (Lipinski definition) is 1. The second kappa shape index (κ2) is 12.5. The van der Waals surface area contributed by atoms with Crippen molar-refractivity contribution in [3.8, 4) is 5.75 Å². The molecule has 1 aliphatic heterocycles. The number of halogens is 3. The van der Waals surface area contributed by atoms with Crippen molar-refractivity contribution in [2.24, 2.45) is 0 Å². The average molecular weight is 606 g/mol. The van der Waals surface area contributed by atoms with Crippen LogP contribution in [0, 0.1) is 6.92 Å². The first-order valence-corrected chi connectivity index (χ1v) is 14.0. The Labute approximate surface area is 246 Å². The van der Waals surface area contributed by atoms with E-state index < -0.39 is 15.9 Å². The molecule has 1 fully saturated rings. The number of thiocarbonyl (C=S) groups is 1. The number of nitrogens with zero attached hydrogens (tertiary/aromatic N) is 1. The number of thioether (sulfide) groups is 1. The number of carbonyl (C=O) groups excluding carboxylic acids is 2. The molecule has 0 spiro atoms. The lowest BCUT2D eigenvalue weighted by Gasteiger charge is -2.26. The predicted molar refractivity (Wildman–Crippen MR) is 160 cm³/mol. The molecule has 196 valence electrons. The molecular formula is C28H23Cl3N2O3S2. The zero-order chi connectivity index (χ0) is 27.3. The topological polar surface area (TPSA) is 58.6 Å². The van der Waals surface area contributed by atoms with E-state index in [0.29, 0.717) is 27.1 Å². The summed E-state index contributed by atoms with van der Waals surface area (Å²) in [5, 5.41) is 2.62. The van der Waals surface area contributed by atoms with Gasteiger partial charge in [0.25, 0.3) is 11.8 Å². The van der Waals surface area contributed by atoms with E-state index in [4.69, 9.17) is 51.8 Å². The predicted octanol–water partition coefficient (Wildman–Crippen LogP) is 6.94. The van der Waals surface area contributed by atoms with Gasteiger partial charge in [-0.15, -0.1) is 0 Å². The Kier molecular flexibility index (Phi) is 9.39. The van der Waals surface area contributed by atoms with Gasteiger partial charge in [-0.25, -0.2) is 0 Å². The number of nitrogens with one attached hydrogen (secondary N) is 1. The average Bonchev–Trinajstić information content (AvgIpc) is 3.15. The van der Waals surface area contributed by atoms with Crippen LogP contribution < -0.4 is 10.1 Å². The van der Waals surface area contributed by atoms with Crippen molar-refractivity contribution in [3.05, 3.63) is 106 Å².